The molecule has 2 heterocycles. The summed E-state index contributed by atoms with van der Waals surface area (Å²) in [6.45, 7) is 2.94. The minimum absolute atomic E-state index is 0.0859. The van der Waals surface area contributed by atoms with E-state index in [0.717, 1.165) is 33.9 Å². The summed E-state index contributed by atoms with van der Waals surface area (Å²) in [6.07, 6.45) is 5.77. The largest absolute Gasteiger partial charge is 0.311 e. The van der Waals surface area contributed by atoms with Crippen molar-refractivity contribution < 1.29 is 0 Å². The highest BCUT2D eigenvalue weighted by atomic mass is 79.9. The highest BCUT2D eigenvalue weighted by molar-refractivity contribution is 9.10. The van der Waals surface area contributed by atoms with E-state index >= 15 is 0 Å². The van der Waals surface area contributed by atoms with Crippen LogP contribution in [0.25, 0.3) is 11.2 Å². The molecule has 0 spiro atoms. The van der Waals surface area contributed by atoms with Crippen molar-refractivity contribution in [3.05, 3.63) is 22.6 Å². The van der Waals surface area contributed by atoms with Crippen LogP contribution in [0.2, 0.25) is 0 Å². The number of alkyl halides is 1. The van der Waals surface area contributed by atoms with Gasteiger partial charge in [-0.25, -0.2) is 9.97 Å². The molecule has 0 aliphatic heterocycles. The standard InChI is InChI=1S/C13H15BrClN3/c1-8(15)12-17-11-6-10(14)7-16-13(11)18(12)5-4-9-2-3-9/h6-9H,2-5H2,1H3. The van der Waals surface area contributed by atoms with Gasteiger partial charge in [0, 0.05) is 17.2 Å². The minimum atomic E-state index is -0.0859. The van der Waals surface area contributed by atoms with Crippen molar-refractivity contribution >= 4 is 38.7 Å². The third-order valence-corrected chi connectivity index (χ3v) is 4.02. The molecule has 1 saturated carbocycles. The molecule has 5 heteroatoms. The fourth-order valence-corrected chi connectivity index (χ4v) is 2.73. The molecule has 1 unspecified atom stereocenters. The van der Waals surface area contributed by atoms with E-state index in [4.69, 9.17) is 11.6 Å². The van der Waals surface area contributed by atoms with Gasteiger partial charge in [-0.1, -0.05) is 12.8 Å². The van der Waals surface area contributed by atoms with E-state index in [1.807, 2.05) is 19.2 Å². The lowest BCUT2D eigenvalue weighted by molar-refractivity contribution is 0.582. The molecule has 0 radical (unpaired) electrons. The van der Waals surface area contributed by atoms with E-state index in [2.05, 4.69) is 30.5 Å². The number of pyridine rings is 1. The summed E-state index contributed by atoms with van der Waals surface area (Å²) in [5, 5.41) is -0.0859. The summed E-state index contributed by atoms with van der Waals surface area (Å²) in [4.78, 5) is 9.09. The molecule has 0 amide bonds. The molecule has 1 aliphatic rings. The zero-order chi connectivity index (χ0) is 12.7. The van der Waals surface area contributed by atoms with Gasteiger partial charge in [0.15, 0.2) is 5.65 Å². The van der Waals surface area contributed by atoms with Crippen LogP contribution in [0.4, 0.5) is 0 Å². The fraction of sp³-hybridized carbons (Fsp3) is 0.538. The molecular formula is C13H15BrClN3. The Hall–Kier alpha value is -0.610. The highest BCUT2D eigenvalue weighted by Crippen LogP contribution is 2.34. The van der Waals surface area contributed by atoms with Crippen molar-refractivity contribution in [3.8, 4) is 0 Å². The normalized spacial score (nSPS) is 17.3. The average molecular weight is 329 g/mol. The first-order valence-corrected chi connectivity index (χ1v) is 7.54. The fourth-order valence-electron chi connectivity index (χ4n) is 2.25. The van der Waals surface area contributed by atoms with Crippen molar-refractivity contribution in [2.24, 2.45) is 5.92 Å². The van der Waals surface area contributed by atoms with Gasteiger partial charge in [-0.2, -0.15) is 0 Å². The molecule has 2 aromatic heterocycles. The molecular weight excluding hydrogens is 314 g/mol. The van der Waals surface area contributed by atoms with Gasteiger partial charge in [-0.3, -0.25) is 0 Å². The molecule has 0 N–H and O–H groups in total. The lowest BCUT2D eigenvalue weighted by Gasteiger charge is -2.09. The van der Waals surface area contributed by atoms with Crippen LogP contribution in [-0.4, -0.2) is 14.5 Å². The van der Waals surface area contributed by atoms with Crippen LogP contribution in [0.3, 0.4) is 0 Å². The Labute approximate surface area is 120 Å². The Balaban J connectivity index is 2.02. The lowest BCUT2D eigenvalue weighted by atomic mass is 10.3. The second kappa shape index (κ2) is 4.82. The quantitative estimate of drug-likeness (QED) is 0.784. The number of hydrogen-bond acceptors (Lipinski definition) is 2. The van der Waals surface area contributed by atoms with E-state index in [0.29, 0.717) is 0 Å². The van der Waals surface area contributed by atoms with Gasteiger partial charge in [0.2, 0.25) is 0 Å². The minimum Gasteiger partial charge on any atom is -0.311 e. The monoisotopic (exact) mass is 327 g/mol. The topological polar surface area (TPSA) is 30.7 Å². The average Bonchev–Trinajstić information content (AvgIpc) is 3.07. The molecule has 0 aromatic carbocycles. The second-order valence-electron chi connectivity index (χ2n) is 4.97. The van der Waals surface area contributed by atoms with Crippen molar-refractivity contribution in [2.45, 2.75) is 38.1 Å². The molecule has 18 heavy (non-hydrogen) atoms. The molecule has 2 aromatic rings. The van der Waals surface area contributed by atoms with Crippen molar-refractivity contribution in [1.82, 2.24) is 14.5 Å². The summed E-state index contributed by atoms with van der Waals surface area (Å²) in [5.74, 6) is 1.83. The third kappa shape index (κ3) is 2.41. The third-order valence-electron chi connectivity index (χ3n) is 3.39. The maximum Gasteiger partial charge on any atom is 0.160 e. The number of rotatable bonds is 4. The number of aromatic nitrogens is 3. The van der Waals surface area contributed by atoms with E-state index in [1.165, 1.54) is 19.3 Å². The smallest absolute Gasteiger partial charge is 0.160 e. The van der Waals surface area contributed by atoms with Gasteiger partial charge < -0.3 is 4.57 Å². The molecule has 1 aliphatic carbocycles. The molecule has 0 saturated heterocycles. The number of nitrogens with zero attached hydrogens (tertiary/aromatic N) is 3. The van der Waals surface area contributed by atoms with Crippen LogP contribution >= 0.6 is 27.5 Å². The first kappa shape index (κ1) is 12.4. The number of hydrogen-bond donors (Lipinski definition) is 0. The van der Waals surface area contributed by atoms with E-state index in [1.54, 1.807) is 0 Å². The van der Waals surface area contributed by atoms with Crippen LogP contribution in [0.15, 0.2) is 16.7 Å². The maximum atomic E-state index is 6.23. The van der Waals surface area contributed by atoms with E-state index in [9.17, 15) is 0 Å². The summed E-state index contributed by atoms with van der Waals surface area (Å²) >= 11 is 9.66. The van der Waals surface area contributed by atoms with Crippen LogP contribution in [-0.2, 0) is 6.54 Å². The highest BCUT2D eigenvalue weighted by Gasteiger charge is 2.23. The van der Waals surface area contributed by atoms with Gasteiger partial charge in [-0.05, 0) is 41.3 Å². The van der Waals surface area contributed by atoms with Crippen molar-refractivity contribution in [2.75, 3.05) is 0 Å². The van der Waals surface area contributed by atoms with Crippen LogP contribution in [0, 0.1) is 5.92 Å². The van der Waals surface area contributed by atoms with Crippen LogP contribution < -0.4 is 0 Å². The number of aryl methyl sites for hydroxylation is 1. The first-order valence-electron chi connectivity index (χ1n) is 6.31. The van der Waals surface area contributed by atoms with Gasteiger partial charge in [0.1, 0.15) is 11.3 Å². The van der Waals surface area contributed by atoms with Crippen LogP contribution in [0.5, 0.6) is 0 Å². The number of fused-ring (bicyclic) bond motifs is 1. The predicted molar refractivity (Wildman–Crippen MR) is 76.8 cm³/mol. The molecule has 0 bridgehead atoms. The second-order valence-corrected chi connectivity index (χ2v) is 6.54. The Morgan fingerprint density at radius 1 is 1.56 bits per heavy atom. The van der Waals surface area contributed by atoms with Gasteiger partial charge in [-0.15, -0.1) is 11.6 Å². The summed E-state index contributed by atoms with van der Waals surface area (Å²) in [6, 6.07) is 2.00. The van der Waals surface area contributed by atoms with Gasteiger partial charge in [0.05, 0.1) is 5.38 Å². The zero-order valence-corrected chi connectivity index (χ0v) is 12.6. The first-order chi connectivity index (χ1) is 8.65. The zero-order valence-electron chi connectivity index (χ0n) is 10.2. The summed E-state index contributed by atoms with van der Waals surface area (Å²) in [5.41, 5.74) is 1.86. The van der Waals surface area contributed by atoms with Crippen molar-refractivity contribution in [1.29, 1.82) is 0 Å². The Morgan fingerprint density at radius 2 is 2.33 bits per heavy atom. The SMILES string of the molecule is CC(Cl)c1nc2cc(Br)cnc2n1CCC1CC1. The van der Waals surface area contributed by atoms with Crippen molar-refractivity contribution in [3.63, 3.8) is 0 Å². The molecule has 3 rings (SSSR count). The van der Waals surface area contributed by atoms with E-state index in [-0.39, 0.29) is 5.38 Å². The van der Waals surface area contributed by atoms with Crippen LogP contribution in [0.1, 0.15) is 37.4 Å². The number of halogens is 2. The maximum absolute atomic E-state index is 6.23. The predicted octanol–water partition coefficient (Wildman–Crippen LogP) is 4.29. The molecule has 3 nitrogen and oxygen atoms in total. The molecule has 96 valence electrons. The lowest BCUT2D eigenvalue weighted by Crippen LogP contribution is -2.06. The summed E-state index contributed by atoms with van der Waals surface area (Å²) < 4.78 is 3.13. The Morgan fingerprint density at radius 3 is 3.00 bits per heavy atom. The van der Waals surface area contributed by atoms with Gasteiger partial charge in [0.25, 0.3) is 0 Å². The van der Waals surface area contributed by atoms with E-state index < -0.39 is 0 Å². The molecule has 1 fully saturated rings. The Kier molecular flexibility index (Phi) is 3.32. The van der Waals surface area contributed by atoms with Gasteiger partial charge >= 0.3 is 0 Å². The molecule has 1 atom stereocenters. The Bertz CT molecular complexity index is 575. The summed E-state index contributed by atoms with van der Waals surface area (Å²) in [7, 11) is 0. The number of imidazole rings is 1.